The van der Waals surface area contributed by atoms with Gasteiger partial charge in [-0.15, -0.1) is 0 Å². The number of aliphatic imine (C=N–C) groups is 1. The fraction of sp³-hybridized carbons (Fsp3) is 0.211. The molecular formula is C19H17N3O6S. The Hall–Kier alpha value is -3.40. The number of amides is 2. The summed E-state index contributed by atoms with van der Waals surface area (Å²) >= 11 is 1.15. The van der Waals surface area contributed by atoms with Crippen molar-refractivity contribution in [3.8, 4) is 11.5 Å². The first-order valence-corrected chi connectivity index (χ1v) is 9.42. The van der Waals surface area contributed by atoms with E-state index in [4.69, 9.17) is 9.47 Å². The molecule has 0 aromatic heterocycles. The lowest BCUT2D eigenvalue weighted by Gasteiger charge is -2.10. The van der Waals surface area contributed by atoms with Gasteiger partial charge in [0.1, 0.15) is 34.1 Å². The summed E-state index contributed by atoms with van der Waals surface area (Å²) in [5.41, 5.74) is -0.263. The van der Waals surface area contributed by atoms with Gasteiger partial charge >= 0.3 is 0 Å². The molecule has 3 rings (SSSR count). The number of nitro benzene ring substituents is 1. The summed E-state index contributed by atoms with van der Waals surface area (Å²) in [4.78, 5) is 38.9. The van der Waals surface area contributed by atoms with Crippen molar-refractivity contribution in [1.29, 1.82) is 0 Å². The van der Waals surface area contributed by atoms with Crippen molar-refractivity contribution in [3.05, 3.63) is 58.6 Å². The molecule has 2 aromatic carbocycles. The van der Waals surface area contributed by atoms with Crippen LogP contribution in [0.3, 0.4) is 0 Å². The number of thioether (sulfide) groups is 1. The summed E-state index contributed by atoms with van der Waals surface area (Å²) in [5.74, 6) is -0.00507. The van der Waals surface area contributed by atoms with Gasteiger partial charge < -0.3 is 14.8 Å². The number of hydrogen-bond acceptors (Lipinski definition) is 7. The second-order valence-electron chi connectivity index (χ2n) is 5.94. The van der Waals surface area contributed by atoms with E-state index in [0.29, 0.717) is 16.5 Å². The molecule has 0 radical (unpaired) electrons. The predicted molar refractivity (Wildman–Crippen MR) is 109 cm³/mol. The van der Waals surface area contributed by atoms with Crippen LogP contribution in [0.1, 0.15) is 6.42 Å². The van der Waals surface area contributed by atoms with Crippen LogP contribution in [0.4, 0.5) is 11.4 Å². The van der Waals surface area contributed by atoms with Crippen LogP contribution in [0.25, 0.3) is 0 Å². The highest BCUT2D eigenvalue weighted by atomic mass is 32.2. The summed E-state index contributed by atoms with van der Waals surface area (Å²) in [6.07, 6.45) is -0.162. The van der Waals surface area contributed by atoms with E-state index in [0.717, 1.165) is 11.8 Å². The van der Waals surface area contributed by atoms with Gasteiger partial charge in [0, 0.05) is 6.42 Å². The third kappa shape index (κ3) is 5.32. The van der Waals surface area contributed by atoms with Gasteiger partial charge in [0.05, 0.1) is 18.1 Å². The molecule has 0 aliphatic carbocycles. The normalized spacial score (nSPS) is 15.6. The molecule has 1 aliphatic heterocycles. The Labute approximate surface area is 170 Å². The molecule has 1 heterocycles. The van der Waals surface area contributed by atoms with Gasteiger partial charge in [-0.05, 0) is 24.3 Å². The molecular weight excluding hydrogens is 398 g/mol. The van der Waals surface area contributed by atoms with Crippen molar-refractivity contribution in [1.82, 2.24) is 0 Å². The van der Waals surface area contributed by atoms with Crippen LogP contribution in [0, 0.1) is 10.1 Å². The molecule has 0 bridgehead atoms. The lowest BCUT2D eigenvalue weighted by molar-refractivity contribution is -0.384. The second kappa shape index (κ2) is 9.20. The number of para-hydroxylation sites is 1. The molecule has 0 spiro atoms. The Bertz CT molecular complexity index is 964. The van der Waals surface area contributed by atoms with Gasteiger partial charge in [-0.3, -0.25) is 19.7 Å². The quantitative estimate of drug-likeness (QED) is 0.520. The fourth-order valence-corrected chi connectivity index (χ4v) is 3.54. The maximum atomic E-state index is 12.3. The average molecular weight is 415 g/mol. The standard InChI is InChI=1S/C19H17N3O6S/c1-27-13-7-8-14(15(9-13)22(25)26)20-17(23)10-16-19(24)21-18(29-16)11-28-12-5-3-2-4-6-12/h2-9,16H,10-11H2,1H3,(H,20,23)/t16-/m0/s1. The second-order valence-corrected chi connectivity index (χ2v) is 7.22. The predicted octanol–water partition coefficient (Wildman–Crippen LogP) is 3.05. The summed E-state index contributed by atoms with van der Waals surface area (Å²) in [5, 5.41) is 13.5. The van der Waals surface area contributed by atoms with Crippen molar-refractivity contribution in [3.63, 3.8) is 0 Å². The Morgan fingerprint density at radius 3 is 2.69 bits per heavy atom. The highest BCUT2D eigenvalue weighted by molar-refractivity contribution is 8.15. The topological polar surface area (TPSA) is 120 Å². The summed E-state index contributed by atoms with van der Waals surface area (Å²) in [7, 11) is 1.39. The van der Waals surface area contributed by atoms with Crippen LogP contribution in [-0.4, -0.2) is 40.7 Å². The first-order chi connectivity index (χ1) is 14.0. The molecule has 9 nitrogen and oxygen atoms in total. The number of rotatable bonds is 8. The first kappa shape index (κ1) is 20.3. The van der Waals surface area contributed by atoms with Crippen molar-refractivity contribution in [2.75, 3.05) is 19.0 Å². The number of anilines is 1. The largest absolute Gasteiger partial charge is 0.496 e. The number of benzene rings is 2. The minimum absolute atomic E-state index is 0.0322. The summed E-state index contributed by atoms with van der Waals surface area (Å²) in [6.45, 7) is 0.127. The average Bonchev–Trinajstić information content (AvgIpc) is 3.06. The van der Waals surface area contributed by atoms with Crippen LogP contribution < -0.4 is 14.8 Å². The van der Waals surface area contributed by atoms with Gasteiger partial charge in [0.25, 0.3) is 11.6 Å². The molecule has 2 amide bonds. The van der Waals surface area contributed by atoms with Crippen LogP contribution in [-0.2, 0) is 9.59 Å². The van der Waals surface area contributed by atoms with E-state index in [1.807, 2.05) is 18.2 Å². The maximum Gasteiger partial charge on any atom is 0.296 e. The zero-order chi connectivity index (χ0) is 20.8. The number of ether oxygens (including phenoxy) is 2. The molecule has 0 fully saturated rings. The van der Waals surface area contributed by atoms with Crippen molar-refractivity contribution < 1.29 is 24.0 Å². The molecule has 0 saturated carbocycles. The minimum atomic E-state index is -0.693. The molecule has 1 N–H and O–H groups in total. The van der Waals surface area contributed by atoms with Gasteiger partial charge in [-0.1, -0.05) is 30.0 Å². The van der Waals surface area contributed by atoms with Crippen molar-refractivity contribution in [2.24, 2.45) is 4.99 Å². The Kier molecular flexibility index (Phi) is 6.45. The third-order valence-electron chi connectivity index (χ3n) is 3.94. The van der Waals surface area contributed by atoms with E-state index in [9.17, 15) is 19.7 Å². The number of nitrogens with one attached hydrogen (secondary N) is 1. The van der Waals surface area contributed by atoms with Crippen molar-refractivity contribution >= 4 is 40.0 Å². The minimum Gasteiger partial charge on any atom is -0.496 e. The first-order valence-electron chi connectivity index (χ1n) is 8.54. The van der Waals surface area contributed by atoms with E-state index in [2.05, 4.69) is 10.3 Å². The van der Waals surface area contributed by atoms with Gasteiger partial charge in [-0.25, -0.2) is 4.99 Å². The van der Waals surface area contributed by atoms with Gasteiger partial charge in [0.2, 0.25) is 5.91 Å². The lowest BCUT2D eigenvalue weighted by Crippen LogP contribution is -2.22. The number of hydrogen-bond donors (Lipinski definition) is 1. The monoisotopic (exact) mass is 415 g/mol. The number of carbonyl (C=O) groups excluding carboxylic acids is 2. The number of carbonyl (C=O) groups is 2. The third-order valence-corrected chi connectivity index (χ3v) is 5.07. The molecule has 2 aromatic rings. The molecule has 10 heteroatoms. The molecule has 0 unspecified atom stereocenters. The Balaban J connectivity index is 1.56. The smallest absolute Gasteiger partial charge is 0.296 e. The highest BCUT2D eigenvalue weighted by Gasteiger charge is 2.31. The van der Waals surface area contributed by atoms with E-state index in [1.54, 1.807) is 12.1 Å². The zero-order valence-electron chi connectivity index (χ0n) is 15.4. The lowest BCUT2D eigenvalue weighted by atomic mass is 10.2. The van der Waals surface area contributed by atoms with Crippen LogP contribution in [0.5, 0.6) is 11.5 Å². The van der Waals surface area contributed by atoms with E-state index >= 15 is 0 Å². The van der Waals surface area contributed by atoms with Crippen LogP contribution in [0.2, 0.25) is 0 Å². The van der Waals surface area contributed by atoms with Crippen LogP contribution >= 0.6 is 11.8 Å². The number of nitro groups is 1. The van der Waals surface area contributed by atoms with E-state index < -0.39 is 22.0 Å². The Morgan fingerprint density at radius 1 is 1.24 bits per heavy atom. The summed E-state index contributed by atoms with van der Waals surface area (Å²) < 4.78 is 10.5. The molecule has 0 saturated heterocycles. The van der Waals surface area contributed by atoms with Gasteiger partial charge in [-0.2, -0.15) is 0 Å². The van der Waals surface area contributed by atoms with Crippen molar-refractivity contribution in [2.45, 2.75) is 11.7 Å². The van der Waals surface area contributed by atoms with E-state index in [-0.39, 0.29) is 24.4 Å². The van der Waals surface area contributed by atoms with Crippen LogP contribution in [0.15, 0.2) is 53.5 Å². The molecule has 150 valence electrons. The Morgan fingerprint density at radius 2 is 2.00 bits per heavy atom. The number of methoxy groups -OCH3 is 1. The fourth-order valence-electron chi connectivity index (χ4n) is 2.56. The maximum absolute atomic E-state index is 12.3. The number of nitrogens with zero attached hydrogens (tertiary/aromatic N) is 2. The summed E-state index contributed by atoms with van der Waals surface area (Å²) in [6, 6.07) is 13.2. The molecule has 29 heavy (non-hydrogen) atoms. The SMILES string of the molecule is COc1ccc(NC(=O)C[C@@H]2SC(COc3ccccc3)=NC2=O)c([N+](=O)[O-])c1. The molecule has 1 aliphatic rings. The highest BCUT2D eigenvalue weighted by Crippen LogP contribution is 2.30. The van der Waals surface area contributed by atoms with Gasteiger partial charge in [0.15, 0.2) is 0 Å². The molecule has 1 atom stereocenters. The zero-order valence-corrected chi connectivity index (χ0v) is 16.2. The van der Waals surface area contributed by atoms with E-state index in [1.165, 1.54) is 25.3 Å².